The zero-order chi connectivity index (χ0) is 16.9. The number of anilines is 1. The standard InChI is InChI=1S/C15H23N4O3P/c1-4-21-23(20,22-5-2)9-8-19-11-15(17-18-19)13-7-6-12(3)14(16)10-13/h6-7,10-11H,4-5,8-9,16H2,1-3H3. The Kier molecular flexibility index (Phi) is 5.93. The summed E-state index contributed by atoms with van der Waals surface area (Å²) in [7, 11) is -3.07. The van der Waals surface area contributed by atoms with E-state index in [9.17, 15) is 4.57 Å². The lowest BCUT2D eigenvalue weighted by Gasteiger charge is -2.16. The van der Waals surface area contributed by atoms with E-state index in [4.69, 9.17) is 14.8 Å². The van der Waals surface area contributed by atoms with E-state index in [0.717, 1.165) is 16.8 Å². The third kappa shape index (κ3) is 4.64. The Morgan fingerprint density at radius 1 is 1.26 bits per heavy atom. The lowest BCUT2D eigenvalue weighted by Crippen LogP contribution is -2.08. The third-order valence-corrected chi connectivity index (χ3v) is 5.42. The van der Waals surface area contributed by atoms with Gasteiger partial charge in [0.05, 0.1) is 32.1 Å². The van der Waals surface area contributed by atoms with Crippen molar-refractivity contribution < 1.29 is 13.6 Å². The van der Waals surface area contributed by atoms with E-state index in [1.807, 2.05) is 25.1 Å². The molecular weight excluding hydrogens is 315 g/mol. The first-order chi connectivity index (χ1) is 11.0. The van der Waals surface area contributed by atoms with Gasteiger partial charge in [-0.3, -0.25) is 9.25 Å². The number of hydrogen-bond donors (Lipinski definition) is 1. The average molecular weight is 338 g/mol. The second kappa shape index (κ2) is 7.73. The molecule has 0 aliphatic carbocycles. The molecule has 23 heavy (non-hydrogen) atoms. The van der Waals surface area contributed by atoms with E-state index < -0.39 is 7.60 Å². The van der Waals surface area contributed by atoms with Crippen LogP contribution in [0.3, 0.4) is 0 Å². The van der Waals surface area contributed by atoms with Gasteiger partial charge in [-0.2, -0.15) is 0 Å². The Hall–Kier alpha value is -1.69. The van der Waals surface area contributed by atoms with E-state index in [2.05, 4.69) is 10.3 Å². The van der Waals surface area contributed by atoms with Gasteiger partial charge in [0.2, 0.25) is 0 Å². The van der Waals surface area contributed by atoms with Crippen LogP contribution in [0.25, 0.3) is 11.3 Å². The minimum atomic E-state index is -3.07. The van der Waals surface area contributed by atoms with Crippen molar-refractivity contribution in [1.82, 2.24) is 15.0 Å². The van der Waals surface area contributed by atoms with Gasteiger partial charge < -0.3 is 14.8 Å². The van der Waals surface area contributed by atoms with Gasteiger partial charge in [0.25, 0.3) is 0 Å². The second-order valence-corrected chi connectivity index (χ2v) is 7.29. The molecule has 1 aromatic carbocycles. The Bertz CT molecular complexity index is 692. The van der Waals surface area contributed by atoms with Gasteiger partial charge in [0.1, 0.15) is 5.69 Å². The van der Waals surface area contributed by atoms with E-state index in [-0.39, 0.29) is 6.16 Å². The molecule has 0 atom stereocenters. The molecule has 0 bridgehead atoms. The normalized spacial score (nSPS) is 11.8. The topological polar surface area (TPSA) is 92.3 Å². The lowest BCUT2D eigenvalue weighted by atomic mass is 10.1. The summed E-state index contributed by atoms with van der Waals surface area (Å²) in [6.45, 7) is 6.65. The van der Waals surface area contributed by atoms with E-state index in [1.54, 1.807) is 24.7 Å². The first-order valence-electron chi connectivity index (χ1n) is 7.62. The van der Waals surface area contributed by atoms with Gasteiger partial charge in [0.15, 0.2) is 0 Å². The molecule has 0 amide bonds. The predicted molar refractivity (Wildman–Crippen MR) is 90.3 cm³/mol. The Labute approximate surface area is 136 Å². The van der Waals surface area contributed by atoms with Crippen LogP contribution in [0, 0.1) is 6.92 Å². The number of benzene rings is 1. The van der Waals surface area contributed by atoms with E-state index >= 15 is 0 Å². The maximum absolute atomic E-state index is 12.4. The molecule has 1 aromatic heterocycles. The summed E-state index contributed by atoms with van der Waals surface area (Å²) >= 11 is 0. The van der Waals surface area contributed by atoms with Gasteiger partial charge in [0, 0.05) is 11.3 Å². The van der Waals surface area contributed by atoms with Crippen LogP contribution in [0.2, 0.25) is 0 Å². The minimum Gasteiger partial charge on any atom is -0.398 e. The van der Waals surface area contributed by atoms with E-state index in [1.165, 1.54) is 0 Å². The molecule has 1 heterocycles. The predicted octanol–water partition coefficient (Wildman–Crippen LogP) is 3.10. The molecule has 0 aliphatic heterocycles. The molecule has 0 fully saturated rings. The molecule has 0 unspecified atom stereocenters. The summed E-state index contributed by atoms with van der Waals surface area (Å²) in [5.74, 6) is 0. The third-order valence-electron chi connectivity index (χ3n) is 3.37. The van der Waals surface area contributed by atoms with Crippen molar-refractivity contribution in [1.29, 1.82) is 0 Å². The van der Waals surface area contributed by atoms with Gasteiger partial charge in [-0.1, -0.05) is 17.3 Å². The van der Waals surface area contributed by atoms with Crippen LogP contribution in [-0.2, 0) is 20.2 Å². The van der Waals surface area contributed by atoms with Crippen LogP contribution in [0.15, 0.2) is 24.4 Å². The summed E-state index contributed by atoms with van der Waals surface area (Å²) in [6, 6.07) is 5.77. The highest BCUT2D eigenvalue weighted by Crippen LogP contribution is 2.47. The van der Waals surface area contributed by atoms with Gasteiger partial charge >= 0.3 is 7.60 Å². The molecule has 0 radical (unpaired) electrons. The van der Waals surface area contributed by atoms with Crippen LogP contribution in [0.5, 0.6) is 0 Å². The molecular formula is C15H23N4O3P. The molecule has 126 valence electrons. The largest absolute Gasteiger partial charge is 0.398 e. The quantitative estimate of drug-likeness (QED) is 0.587. The number of aromatic nitrogens is 3. The first-order valence-corrected chi connectivity index (χ1v) is 9.35. The van der Waals surface area contributed by atoms with Crippen molar-refractivity contribution in [2.45, 2.75) is 27.3 Å². The molecule has 0 saturated carbocycles. The number of hydrogen-bond acceptors (Lipinski definition) is 6. The lowest BCUT2D eigenvalue weighted by molar-refractivity contribution is 0.218. The maximum Gasteiger partial charge on any atom is 0.332 e. The highest BCUT2D eigenvalue weighted by atomic mass is 31.2. The fraction of sp³-hybridized carbons (Fsp3) is 0.467. The van der Waals surface area contributed by atoms with Gasteiger partial charge in [-0.05, 0) is 32.4 Å². The molecule has 8 heteroatoms. The van der Waals surface area contributed by atoms with Crippen molar-refractivity contribution >= 4 is 13.3 Å². The first kappa shape index (κ1) is 17.7. The SMILES string of the molecule is CCOP(=O)(CCn1cc(-c2ccc(C)c(N)c2)nn1)OCC. The van der Waals surface area contributed by atoms with Crippen LogP contribution in [0.4, 0.5) is 5.69 Å². The maximum atomic E-state index is 12.4. The summed E-state index contributed by atoms with van der Waals surface area (Å²) in [4.78, 5) is 0. The van der Waals surface area contributed by atoms with Crippen molar-refractivity contribution in [2.24, 2.45) is 0 Å². The number of aryl methyl sites for hydroxylation is 2. The van der Waals surface area contributed by atoms with Crippen LogP contribution in [0.1, 0.15) is 19.4 Å². The van der Waals surface area contributed by atoms with Crippen LogP contribution >= 0.6 is 7.60 Å². The highest BCUT2D eigenvalue weighted by Gasteiger charge is 2.23. The Balaban J connectivity index is 2.07. The molecule has 2 rings (SSSR count). The van der Waals surface area contributed by atoms with E-state index in [0.29, 0.717) is 25.4 Å². The van der Waals surface area contributed by atoms with Crippen molar-refractivity contribution in [2.75, 3.05) is 25.1 Å². The summed E-state index contributed by atoms with van der Waals surface area (Å²) in [5.41, 5.74) is 9.28. The molecule has 2 aromatic rings. The van der Waals surface area contributed by atoms with Gasteiger partial charge in [-0.15, -0.1) is 5.10 Å². The summed E-state index contributed by atoms with van der Waals surface area (Å²) in [5, 5.41) is 8.20. The second-order valence-electron chi connectivity index (χ2n) is 5.11. The summed E-state index contributed by atoms with van der Waals surface area (Å²) in [6.07, 6.45) is 2.06. The highest BCUT2D eigenvalue weighted by molar-refractivity contribution is 7.53. The minimum absolute atomic E-state index is 0.257. The Morgan fingerprint density at radius 3 is 2.57 bits per heavy atom. The van der Waals surface area contributed by atoms with Gasteiger partial charge in [-0.25, -0.2) is 0 Å². The average Bonchev–Trinajstić information content (AvgIpc) is 2.98. The number of nitrogen functional groups attached to an aromatic ring is 1. The summed E-state index contributed by atoms with van der Waals surface area (Å²) < 4.78 is 24.6. The zero-order valence-corrected chi connectivity index (χ0v) is 14.6. The van der Waals surface area contributed by atoms with Crippen molar-refractivity contribution in [3.8, 4) is 11.3 Å². The Morgan fingerprint density at radius 2 is 1.96 bits per heavy atom. The van der Waals surface area contributed by atoms with Crippen molar-refractivity contribution in [3.05, 3.63) is 30.0 Å². The van der Waals surface area contributed by atoms with Crippen molar-refractivity contribution in [3.63, 3.8) is 0 Å². The molecule has 0 aliphatic rings. The molecule has 2 N–H and O–H groups in total. The number of rotatable bonds is 8. The van der Waals surface area contributed by atoms with Crippen LogP contribution in [-0.4, -0.2) is 34.4 Å². The zero-order valence-electron chi connectivity index (χ0n) is 13.7. The van der Waals surface area contributed by atoms with Crippen LogP contribution < -0.4 is 5.73 Å². The molecule has 7 nitrogen and oxygen atoms in total. The molecule has 0 spiro atoms. The molecule has 0 saturated heterocycles. The number of nitrogens with two attached hydrogens (primary N) is 1. The fourth-order valence-corrected chi connectivity index (χ4v) is 3.69. The number of nitrogens with zero attached hydrogens (tertiary/aromatic N) is 3. The monoisotopic (exact) mass is 338 g/mol. The smallest absolute Gasteiger partial charge is 0.332 e. The fourth-order valence-electron chi connectivity index (χ4n) is 2.12.